The molecular formula is C8H6ClFN2O2. The average Bonchev–Trinajstić information content (AvgIpc) is 2.48. The van der Waals surface area contributed by atoms with Crippen molar-refractivity contribution in [1.29, 1.82) is 0 Å². The summed E-state index contributed by atoms with van der Waals surface area (Å²) >= 11 is 0. The number of hydrogen-bond donors (Lipinski definition) is 1. The molecule has 6 heteroatoms. The quantitative estimate of drug-likeness (QED) is 0.788. The molecule has 2 heterocycles. The summed E-state index contributed by atoms with van der Waals surface area (Å²) in [5, 5.41) is 12.4. The molecule has 0 fully saturated rings. The van der Waals surface area contributed by atoms with E-state index in [2.05, 4.69) is 5.10 Å². The van der Waals surface area contributed by atoms with Crippen molar-refractivity contribution in [3.8, 4) is 0 Å². The number of halogens is 2. The van der Waals surface area contributed by atoms with E-state index in [0.717, 1.165) is 6.20 Å². The third-order valence-corrected chi connectivity index (χ3v) is 1.72. The minimum Gasteiger partial charge on any atom is -0.478 e. The van der Waals surface area contributed by atoms with Gasteiger partial charge in [-0.25, -0.2) is 13.7 Å². The van der Waals surface area contributed by atoms with Gasteiger partial charge in [0.05, 0.1) is 17.3 Å². The smallest absolute Gasteiger partial charge is 0.338 e. The fraction of sp³-hybridized carbons (Fsp3) is 0. The van der Waals surface area contributed by atoms with Crippen LogP contribution in [0.2, 0.25) is 0 Å². The van der Waals surface area contributed by atoms with Crippen molar-refractivity contribution >= 4 is 23.9 Å². The Morgan fingerprint density at radius 1 is 1.57 bits per heavy atom. The first kappa shape index (κ1) is 10.5. The number of rotatable bonds is 1. The van der Waals surface area contributed by atoms with Gasteiger partial charge in [-0.2, -0.15) is 5.10 Å². The van der Waals surface area contributed by atoms with Gasteiger partial charge < -0.3 is 5.11 Å². The molecule has 74 valence electrons. The number of carboxylic acids is 1. The Morgan fingerprint density at radius 3 is 2.93 bits per heavy atom. The van der Waals surface area contributed by atoms with Crippen molar-refractivity contribution in [3.63, 3.8) is 0 Å². The van der Waals surface area contributed by atoms with Gasteiger partial charge in [0.25, 0.3) is 0 Å². The molecule has 0 bridgehead atoms. The van der Waals surface area contributed by atoms with Crippen LogP contribution in [0.4, 0.5) is 4.39 Å². The van der Waals surface area contributed by atoms with Crippen LogP contribution in [0.3, 0.4) is 0 Å². The van der Waals surface area contributed by atoms with Gasteiger partial charge in [0.15, 0.2) is 5.82 Å². The zero-order valence-corrected chi connectivity index (χ0v) is 7.66. The molecule has 0 aliphatic carbocycles. The second-order valence-corrected chi connectivity index (χ2v) is 2.54. The molecule has 0 spiro atoms. The molecule has 1 N–H and O–H groups in total. The Hall–Kier alpha value is -1.62. The van der Waals surface area contributed by atoms with E-state index in [1.165, 1.54) is 16.8 Å². The van der Waals surface area contributed by atoms with Crippen LogP contribution in [0, 0.1) is 5.82 Å². The summed E-state index contributed by atoms with van der Waals surface area (Å²) in [6.07, 6.45) is 2.51. The van der Waals surface area contributed by atoms with E-state index in [9.17, 15) is 9.18 Å². The fourth-order valence-corrected chi connectivity index (χ4v) is 1.10. The summed E-state index contributed by atoms with van der Waals surface area (Å²) in [6, 6.07) is 2.84. The maximum Gasteiger partial charge on any atom is 0.338 e. The van der Waals surface area contributed by atoms with Gasteiger partial charge >= 0.3 is 5.97 Å². The molecule has 0 amide bonds. The van der Waals surface area contributed by atoms with Gasteiger partial charge in [-0.1, -0.05) is 0 Å². The predicted molar refractivity (Wildman–Crippen MR) is 49.4 cm³/mol. The van der Waals surface area contributed by atoms with Gasteiger partial charge in [-0.15, -0.1) is 12.4 Å². The normalized spacial score (nSPS) is 9.79. The number of aromatic nitrogens is 2. The number of fused-ring (bicyclic) bond motifs is 1. The molecule has 0 saturated carbocycles. The van der Waals surface area contributed by atoms with Crippen molar-refractivity contribution in [3.05, 3.63) is 35.9 Å². The lowest BCUT2D eigenvalue weighted by atomic mass is 10.2. The Kier molecular flexibility index (Phi) is 2.71. The van der Waals surface area contributed by atoms with Crippen LogP contribution in [-0.2, 0) is 0 Å². The van der Waals surface area contributed by atoms with Crippen molar-refractivity contribution in [1.82, 2.24) is 9.61 Å². The van der Waals surface area contributed by atoms with E-state index in [0.29, 0.717) is 5.52 Å². The lowest BCUT2D eigenvalue weighted by Gasteiger charge is -1.98. The third-order valence-electron chi connectivity index (χ3n) is 1.72. The molecular weight excluding hydrogens is 211 g/mol. The van der Waals surface area contributed by atoms with Gasteiger partial charge in [-0.3, -0.25) is 0 Å². The maximum absolute atomic E-state index is 13.0. The summed E-state index contributed by atoms with van der Waals surface area (Å²) in [7, 11) is 0. The molecule has 0 atom stereocenters. The molecule has 2 rings (SSSR count). The van der Waals surface area contributed by atoms with E-state index in [-0.39, 0.29) is 18.0 Å². The Balaban J connectivity index is 0.000000980. The van der Waals surface area contributed by atoms with Crippen molar-refractivity contribution < 1.29 is 14.3 Å². The topological polar surface area (TPSA) is 54.6 Å². The summed E-state index contributed by atoms with van der Waals surface area (Å²) in [4.78, 5) is 10.5. The number of pyridine rings is 1. The molecule has 0 aliphatic rings. The molecule has 0 aliphatic heterocycles. The van der Waals surface area contributed by atoms with E-state index in [4.69, 9.17) is 5.11 Å². The Bertz CT molecular complexity index is 483. The van der Waals surface area contributed by atoms with Gasteiger partial charge in [0.1, 0.15) is 0 Å². The summed E-state index contributed by atoms with van der Waals surface area (Å²) in [6.45, 7) is 0. The van der Waals surface area contributed by atoms with Crippen LogP contribution in [0.25, 0.3) is 5.52 Å². The van der Waals surface area contributed by atoms with E-state index >= 15 is 0 Å². The van der Waals surface area contributed by atoms with Crippen molar-refractivity contribution in [2.24, 2.45) is 0 Å². The maximum atomic E-state index is 13.0. The highest BCUT2D eigenvalue weighted by Crippen LogP contribution is 2.10. The number of aromatic carboxylic acids is 1. The summed E-state index contributed by atoms with van der Waals surface area (Å²) in [5.74, 6) is -2.06. The highest BCUT2D eigenvalue weighted by atomic mass is 35.5. The lowest BCUT2D eigenvalue weighted by Crippen LogP contribution is -2.02. The van der Waals surface area contributed by atoms with Crippen LogP contribution >= 0.6 is 12.4 Å². The van der Waals surface area contributed by atoms with E-state index in [1.807, 2.05) is 0 Å². The number of carboxylic acid groups (broad SMARTS) is 1. The third kappa shape index (κ3) is 1.54. The zero-order valence-electron chi connectivity index (χ0n) is 6.85. The second-order valence-electron chi connectivity index (χ2n) is 2.54. The minimum atomic E-state index is -1.28. The monoisotopic (exact) mass is 216 g/mol. The number of hydrogen-bond acceptors (Lipinski definition) is 2. The Morgan fingerprint density at radius 2 is 2.29 bits per heavy atom. The molecule has 4 nitrogen and oxygen atoms in total. The van der Waals surface area contributed by atoms with Crippen molar-refractivity contribution in [2.45, 2.75) is 0 Å². The molecule has 0 unspecified atom stereocenters. The molecule has 2 aromatic rings. The zero-order chi connectivity index (χ0) is 9.42. The van der Waals surface area contributed by atoms with Crippen LogP contribution in [0.15, 0.2) is 24.5 Å². The Labute approximate surface area is 84.4 Å². The average molecular weight is 217 g/mol. The van der Waals surface area contributed by atoms with Crippen LogP contribution in [0.1, 0.15) is 10.4 Å². The first-order valence-corrected chi connectivity index (χ1v) is 3.54. The van der Waals surface area contributed by atoms with Crippen molar-refractivity contribution in [2.75, 3.05) is 0 Å². The molecule has 0 radical (unpaired) electrons. The highest BCUT2D eigenvalue weighted by Gasteiger charge is 2.11. The van der Waals surface area contributed by atoms with Crippen LogP contribution < -0.4 is 0 Å². The first-order chi connectivity index (χ1) is 6.18. The fourth-order valence-electron chi connectivity index (χ4n) is 1.10. The largest absolute Gasteiger partial charge is 0.478 e. The van der Waals surface area contributed by atoms with E-state index in [1.54, 1.807) is 6.07 Å². The van der Waals surface area contributed by atoms with E-state index < -0.39 is 11.8 Å². The van der Waals surface area contributed by atoms with Gasteiger partial charge in [-0.05, 0) is 12.1 Å². The number of carbonyl (C=O) groups is 1. The molecule has 0 saturated heterocycles. The van der Waals surface area contributed by atoms with Gasteiger partial charge in [0, 0.05) is 6.20 Å². The standard InChI is InChI=1S/C8H5FN2O2.ClH/c9-7-4-11-5(1-2-10-11)3-6(7)8(12)13;/h1-4H,(H,12,13);1H. The summed E-state index contributed by atoms with van der Waals surface area (Å²) < 4.78 is 14.3. The lowest BCUT2D eigenvalue weighted by molar-refractivity contribution is 0.0692. The second kappa shape index (κ2) is 3.63. The SMILES string of the molecule is Cl.O=C(O)c1cc2ccnn2cc1F. The predicted octanol–water partition coefficient (Wildman–Crippen LogP) is 1.59. The van der Waals surface area contributed by atoms with Gasteiger partial charge in [0.2, 0.25) is 0 Å². The minimum absolute atomic E-state index is 0. The first-order valence-electron chi connectivity index (χ1n) is 3.54. The molecule has 2 aromatic heterocycles. The highest BCUT2D eigenvalue weighted by molar-refractivity contribution is 5.89. The van der Waals surface area contributed by atoms with Crippen LogP contribution in [0.5, 0.6) is 0 Å². The molecule has 0 aromatic carbocycles. The van der Waals surface area contributed by atoms with Crippen LogP contribution in [-0.4, -0.2) is 20.7 Å². The molecule has 14 heavy (non-hydrogen) atoms. The summed E-state index contributed by atoms with van der Waals surface area (Å²) in [5.41, 5.74) is 0.215. The number of nitrogens with zero attached hydrogens (tertiary/aromatic N) is 2.